The average Bonchev–Trinajstić information content (AvgIpc) is 2.70. The Hall–Kier alpha value is -3.37. The highest BCUT2D eigenvalue weighted by Crippen LogP contribution is 2.20. The first-order valence-electron chi connectivity index (χ1n) is 8.82. The van der Waals surface area contributed by atoms with Gasteiger partial charge in [0, 0.05) is 0 Å². The summed E-state index contributed by atoms with van der Waals surface area (Å²) in [6.45, 7) is 0. The van der Waals surface area contributed by atoms with Gasteiger partial charge in [-0.3, -0.25) is 4.72 Å². The second-order valence-electron chi connectivity index (χ2n) is 6.22. The zero-order valence-electron chi connectivity index (χ0n) is 15.2. The number of aryl methyl sites for hydroxylation is 1. The van der Waals surface area contributed by atoms with Crippen LogP contribution in [0.4, 0.5) is 17.2 Å². The maximum Gasteiger partial charge on any atom is 0.233 e. The molecule has 2 N–H and O–H groups in total. The van der Waals surface area contributed by atoms with Crippen molar-refractivity contribution < 1.29 is 8.42 Å². The highest BCUT2D eigenvalue weighted by atomic mass is 32.2. The molecule has 2 aromatic carbocycles. The lowest BCUT2D eigenvalue weighted by Crippen LogP contribution is -2.17. The molecule has 0 atom stereocenters. The number of anilines is 3. The number of para-hydroxylation sites is 1. The molecule has 0 radical (unpaired) electrons. The second-order valence-corrected chi connectivity index (χ2v) is 8.07. The number of nitriles is 1. The molecule has 0 bridgehead atoms. The van der Waals surface area contributed by atoms with E-state index >= 15 is 0 Å². The molecule has 0 spiro atoms. The van der Waals surface area contributed by atoms with Crippen LogP contribution in [0, 0.1) is 11.3 Å². The molecule has 3 rings (SSSR count). The van der Waals surface area contributed by atoms with E-state index < -0.39 is 10.0 Å². The molecule has 0 aliphatic heterocycles. The number of aromatic nitrogens is 1. The summed E-state index contributed by atoms with van der Waals surface area (Å²) >= 11 is 0. The molecule has 1 heterocycles. The standard InChI is InChI=1S/C21H20N4O2S/c22-15-18-10-4-5-11-20(18)24-19-12-13-21(23-16-19)25-28(26,27)14-6-9-17-7-2-1-3-8-17/h1-5,7-8,10-13,16,24H,6,9,14H2,(H,23,25). The van der Waals surface area contributed by atoms with Crippen molar-refractivity contribution in [2.45, 2.75) is 12.8 Å². The van der Waals surface area contributed by atoms with Gasteiger partial charge in [-0.1, -0.05) is 42.5 Å². The molecule has 142 valence electrons. The van der Waals surface area contributed by atoms with E-state index in [1.165, 1.54) is 6.20 Å². The van der Waals surface area contributed by atoms with E-state index in [4.69, 9.17) is 5.26 Å². The van der Waals surface area contributed by atoms with Crippen molar-refractivity contribution in [2.75, 3.05) is 15.8 Å². The number of rotatable bonds is 8. The van der Waals surface area contributed by atoms with Crippen LogP contribution in [-0.2, 0) is 16.4 Å². The van der Waals surface area contributed by atoms with Crippen molar-refractivity contribution in [3.8, 4) is 6.07 Å². The number of nitrogens with zero attached hydrogens (tertiary/aromatic N) is 2. The molecule has 0 fully saturated rings. The Morgan fingerprint density at radius 3 is 2.43 bits per heavy atom. The van der Waals surface area contributed by atoms with Crippen molar-refractivity contribution in [1.29, 1.82) is 5.26 Å². The largest absolute Gasteiger partial charge is 0.353 e. The Morgan fingerprint density at radius 1 is 0.964 bits per heavy atom. The number of hydrogen-bond acceptors (Lipinski definition) is 5. The summed E-state index contributed by atoms with van der Waals surface area (Å²) in [5.74, 6) is 0.290. The van der Waals surface area contributed by atoms with Gasteiger partial charge in [0.15, 0.2) is 0 Å². The van der Waals surface area contributed by atoms with Gasteiger partial charge in [-0.25, -0.2) is 13.4 Å². The van der Waals surface area contributed by atoms with Crippen LogP contribution in [0.1, 0.15) is 17.5 Å². The summed E-state index contributed by atoms with van der Waals surface area (Å²) in [4.78, 5) is 4.15. The highest BCUT2D eigenvalue weighted by molar-refractivity contribution is 7.92. The Bertz CT molecular complexity index is 1060. The fourth-order valence-corrected chi connectivity index (χ4v) is 3.76. The third-order valence-electron chi connectivity index (χ3n) is 4.07. The molecule has 28 heavy (non-hydrogen) atoms. The molecule has 0 amide bonds. The first kappa shape index (κ1) is 19.4. The van der Waals surface area contributed by atoms with Gasteiger partial charge in [-0.05, 0) is 42.7 Å². The minimum absolute atomic E-state index is 0.0269. The normalized spacial score (nSPS) is 10.8. The van der Waals surface area contributed by atoms with Gasteiger partial charge < -0.3 is 5.32 Å². The summed E-state index contributed by atoms with van der Waals surface area (Å²) in [7, 11) is -3.46. The highest BCUT2D eigenvalue weighted by Gasteiger charge is 2.11. The van der Waals surface area contributed by atoms with Crippen LogP contribution in [0.15, 0.2) is 72.9 Å². The van der Waals surface area contributed by atoms with Crippen molar-refractivity contribution in [3.05, 3.63) is 84.1 Å². The van der Waals surface area contributed by atoms with Crippen LogP contribution in [0.2, 0.25) is 0 Å². The number of benzene rings is 2. The lowest BCUT2D eigenvalue weighted by molar-refractivity contribution is 0.598. The molecular formula is C21H20N4O2S. The van der Waals surface area contributed by atoms with Crippen LogP contribution in [-0.4, -0.2) is 19.2 Å². The van der Waals surface area contributed by atoms with Crippen LogP contribution < -0.4 is 10.0 Å². The van der Waals surface area contributed by atoms with Crippen molar-refractivity contribution in [3.63, 3.8) is 0 Å². The predicted molar refractivity (Wildman–Crippen MR) is 111 cm³/mol. The molecule has 0 aliphatic rings. The van der Waals surface area contributed by atoms with Gasteiger partial charge in [0.05, 0.1) is 28.9 Å². The fourth-order valence-electron chi connectivity index (χ4n) is 2.69. The topological polar surface area (TPSA) is 94.9 Å². The quantitative estimate of drug-likeness (QED) is 0.602. The summed E-state index contributed by atoms with van der Waals surface area (Å²) in [6.07, 6.45) is 2.76. The van der Waals surface area contributed by atoms with Gasteiger partial charge in [0.1, 0.15) is 11.9 Å². The lowest BCUT2D eigenvalue weighted by Gasteiger charge is -2.10. The van der Waals surface area contributed by atoms with Crippen LogP contribution in [0.5, 0.6) is 0 Å². The summed E-state index contributed by atoms with van der Waals surface area (Å²) in [5, 5.41) is 12.2. The van der Waals surface area contributed by atoms with Crippen molar-refractivity contribution in [1.82, 2.24) is 4.98 Å². The summed E-state index contributed by atoms with van der Waals surface area (Å²) in [5.41, 5.74) is 2.96. The summed E-state index contributed by atoms with van der Waals surface area (Å²) < 4.78 is 27.0. The van der Waals surface area contributed by atoms with Crippen molar-refractivity contribution >= 4 is 27.2 Å². The molecule has 0 unspecified atom stereocenters. The lowest BCUT2D eigenvalue weighted by atomic mass is 10.1. The Kier molecular flexibility index (Phi) is 6.25. The van der Waals surface area contributed by atoms with Gasteiger partial charge >= 0.3 is 0 Å². The van der Waals surface area contributed by atoms with E-state index in [-0.39, 0.29) is 11.6 Å². The summed E-state index contributed by atoms with van der Waals surface area (Å²) in [6, 6.07) is 22.3. The van der Waals surface area contributed by atoms with E-state index in [0.717, 1.165) is 5.56 Å². The predicted octanol–water partition coefficient (Wildman–Crippen LogP) is 4.07. The Morgan fingerprint density at radius 2 is 1.71 bits per heavy atom. The zero-order chi connectivity index (χ0) is 19.8. The van der Waals surface area contributed by atoms with Gasteiger partial charge in [-0.15, -0.1) is 0 Å². The maximum atomic E-state index is 12.2. The van der Waals surface area contributed by atoms with Crippen molar-refractivity contribution in [2.24, 2.45) is 0 Å². The van der Waals surface area contributed by atoms with E-state index in [9.17, 15) is 8.42 Å². The molecule has 0 saturated carbocycles. The average molecular weight is 392 g/mol. The number of pyridine rings is 1. The number of sulfonamides is 1. The maximum absolute atomic E-state index is 12.2. The third kappa shape index (κ3) is 5.56. The second kappa shape index (κ2) is 9.02. The van der Waals surface area contributed by atoms with Crippen LogP contribution in [0.25, 0.3) is 0 Å². The Labute approximate surface area is 164 Å². The van der Waals surface area contributed by atoms with E-state index in [2.05, 4.69) is 21.1 Å². The molecule has 7 heteroatoms. The first-order chi connectivity index (χ1) is 13.6. The Balaban J connectivity index is 1.56. The fraction of sp³-hybridized carbons (Fsp3) is 0.143. The molecule has 0 aliphatic carbocycles. The molecule has 3 aromatic rings. The van der Waals surface area contributed by atoms with Gasteiger partial charge in [-0.2, -0.15) is 5.26 Å². The molecular weight excluding hydrogens is 372 g/mol. The minimum atomic E-state index is -3.46. The van der Waals surface area contributed by atoms with Gasteiger partial charge in [0.2, 0.25) is 10.0 Å². The van der Waals surface area contributed by atoms with E-state index in [1.54, 1.807) is 30.3 Å². The van der Waals surface area contributed by atoms with E-state index in [0.29, 0.717) is 29.8 Å². The molecule has 1 aromatic heterocycles. The number of hydrogen-bond donors (Lipinski definition) is 2. The van der Waals surface area contributed by atoms with Gasteiger partial charge in [0.25, 0.3) is 0 Å². The van der Waals surface area contributed by atoms with Crippen LogP contribution in [0.3, 0.4) is 0 Å². The minimum Gasteiger partial charge on any atom is -0.353 e. The monoisotopic (exact) mass is 392 g/mol. The third-order valence-corrected chi connectivity index (χ3v) is 5.42. The number of nitrogens with one attached hydrogen (secondary N) is 2. The smallest absolute Gasteiger partial charge is 0.233 e. The SMILES string of the molecule is N#Cc1ccccc1Nc1ccc(NS(=O)(=O)CCCc2ccccc2)nc1. The van der Waals surface area contributed by atoms with Crippen LogP contribution >= 0.6 is 0 Å². The van der Waals surface area contributed by atoms with E-state index in [1.807, 2.05) is 36.4 Å². The molecule has 6 nitrogen and oxygen atoms in total. The molecule has 0 saturated heterocycles. The zero-order valence-corrected chi connectivity index (χ0v) is 16.0. The first-order valence-corrected chi connectivity index (χ1v) is 10.5.